The Morgan fingerprint density at radius 1 is 0.900 bits per heavy atom. The van der Waals surface area contributed by atoms with Crippen molar-refractivity contribution in [1.82, 2.24) is 25.2 Å². The van der Waals surface area contributed by atoms with Gasteiger partial charge in [-0.15, -0.1) is 0 Å². The van der Waals surface area contributed by atoms with Gasteiger partial charge in [-0.1, -0.05) is 18.2 Å². The Kier molecular flexibility index (Phi) is 8.64. The quantitative estimate of drug-likeness (QED) is 0.160. The Balaban J connectivity index is 1.18. The van der Waals surface area contributed by atoms with Crippen molar-refractivity contribution in [3.63, 3.8) is 0 Å². The van der Waals surface area contributed by atoms with Crippen LogP contribution in [0.5, 0.6) is 11.8 Å². The minimum atomic E-state index is -1.18. The van der Waals surface area contributed by atoms with Gasteiger partial charge in [-0.25, -0.2) is 17.6 Å². The Hall–Kier alpha value is -4.62. The van der Waals surface area contributed by atoms with Gasteiger partial charge in [0.15, 0.2) is 17.5 Å². The second kappa shape index (κ2) is 13.3. The lowest BCUT2D eigenvalue weighted by Gasteiger charge is -2.34. The third-order valence-corrected chi connectivity index (χ3v) is 10.3. The van der Waals surface area contributed by atoms with Crippen molar-refractivity contribution in [2.75, 3.05) is 37.8 Å². The molecule has 3 fully saturated rings. The lowest BCUT2D eigenvalue weighted by Crippen LogP contribution is -2.51. The first-order chi connectivity index (χ1) is 24.3. The van der Waals surface area contributed by atoms with Crippen LogP contribution in [0.25, 0.3) is 32.9 Å². The second-order valence-electron chi connectivity index (χ2n) is 13.4. The van der Waals surface area contributed by atoms with Crippen molar-refractivity contribution in [1.29, 1.82) is 0 Å². The average molecular weight is 691 g/mol. The number of aromatic nitrogens is 3. The van der Waals surface area contributed by atoms with E-state index in [2.05, 4.69) is 25.1 Å². The van der Waals surface area contributed by atoms with Gasteiger partial charge < -0.3 is 20.1 Å². The number of aromatic hydroxyl groups is 1. The largest absolute Gasteiger partial charge is 0.508 e. The summed E-state index contributed by atoms with van der Waals surface area (Å²) in [6.45, 7) is 1.39. The van der Waals surface area contributed by atoms with Crippen molar-refractivity contribution >= 4 is 27.5 Å². The van der Waals surface area contributed by atoms with Crippen molar-refractivity contribution < 1.29 is 31.8 Å². The summed E-state index contributed by atoms with van der Waals surface area (Å²) in [6.07, 6.45) is 5.24. The highest BCUT2D eigenvalue weighted by Gasteiger charge is 2.36. The molecule has 0 saturated carbocycles. The molecule has 0 amide bonds. The van der Waals surface area contributed by atoms with Crippen LogP contribution in [0.4, 0.5) is 27.8 Å². The smallest absolute Gasteiger partial charge is 0.319 e. The summed E-state index contributed by atoms with van der Waals surface area (Å²) in [5, 5.41) is 14.3. The molecule has 8 nitrogen and oxygen atoms in total. The molecule has 2 aromatic heterocycles. The number of alkyl halides is 1. The zero-order valence-electron chi connectivity index (χ0n) is 27.1. The predicted molar refractivity (Wildman–Crippen MR) is 179 cm³/mol. The Bertz CT molecular complexity index is 2060. The van der Waals surface area contributed by atoms with Gasteiger partial charge in [-0.2, -0.15) is 9.97 Å². The number of likely N-dealkylation sites (tertiary alicyclic amines) is 1. The number of phenols is 1. The van der Waals surface area contributed by atoms with E-state index in [1.165, 1.54) is 30.5 Å². The van der Waals surface area contributed by atoms with Crippen LogP contribution in [0.1, 0.15) is 43.7 Å². The van der Waals surface area contributed by atoms with Gasteiger partial charge in [-0.05, 0) is 73.4 Å². The number of hydrogen-bond donors (Lipinski definition) is 2. The van der Waals surface area contributed by atoms with Crippen LogP contribution in [0.2, 0.25) is 0 Å². The number of ether oxygens (including phenoxy) is 1. The number of nitrogens with one attached hydrogen (secondary N) is 1. The van der Waals surface area contributed by atoms with Gasteiger partial charge in [-0.3, -0.25) is 14.3 Å². The maximum Gasteiger partial charge on any atom is 0.319 e. The average Bonchev–Trinajstić information content (AvgIpc) is 3.68. The highest BCUT2D eigenvalue weighted by atomic mass is 19.2. The molecule has 4 atom stereocenters. The molecule has 260 valence electrons. The number of phenolic OH excluding ortho intramolecular Hbond substituents is 1. The number of nitrogens with zero attached hydrogens (tertiary/aromatic N) is 5. The van der Waals surface area contributed by atoms with Gasteiger partial charge in [0.05, 0.1) is 12.1 Å². The molecule has 50 heavy (non-hydrogen) atoms. The molecule has 3 aliphatic heterocycles. The Morgan fingerprint density at radius 2 is 1.68 bits per heavy atom. The normalized spacial score (nSPS) is 22.2. The van der Waals surface area contributed by atoms with E-state index in [9.17, 15) is 18.3 Å². The van der Waals surface area contributed by atoms with E-state index in [4.69, 9.17) is 9.72 Å². The van der Waals surface area contributed by atoms with Gasteiger partial charge in [0.2, 0.25) is 0 Å². The number of hydrogen-bond acceptors (Lipinski definition) is 8. The van der Waals surface area contributed by atoms with Crippen LogP contribution in [-0.4, -0.2) is 76.0 Å². The first kappa shape index (κ1) is 32.6. The lowest BCUT2D eigenvalue weighted by molar-refractivity contribution is 0.130. The standard InChI is InChI=1S/C37H35F5N6O2/c38-12-1-13-48-25(9-11-30(48)20-2-5-22(39)6-3-20)19-50-37-45-35-28(36(46-37)47-17-23-7-8-24(18-47)44-23)16-43-34(33(35)42)27-15-26(49)14-21-4-10-29(40)32(41)31(21)27/h2-6,10,14-16,23-25,30,44,49H,1,7-9,11-13,17-19H2/t23-,24+,25?,30?. The molecule has 8 rings (SSSR count). The van der Waals surface area contributed by atoms with Gasteiger partial charge >= 0.3 is 6.01 Å². The summed E-state index contributed by atoms with van der Waals surface area (Å²) in [5.41, 5.74) is 0.386. The molecule has 2 unspecified atom stereocenters. The van der Waals surface area contributed by atoms with Gasteiger partial charge in [0, 0.05) is 60.9 Å². The maximum atomic E-state index is 16.7. The van der Waals surface area contributed by atoms with Crippen molar-refractivity contribution in [2.24, 2.45) is 0 Å². The number of halogens is 5. The van der Waals surface area contributed by atoms with E-state index >= 15 is 8.78 Å². The third kappa shape index (κ3) is 5.96. The lowest BCUT2D eigenvalue weighted by atomic mass is 9.99. The number of benzene rings is 3. The molecule has 3 aromatic carbocycles. The topological polar surface area (TPSA) is 86.6 Å². The summed E-state index contributed by atoms with van der Waals surface area (Å²) < 4.78 is 79.6. The fraction of sp³-hybridized carbons (Fsp3) is 0.378. The SMILES string of the molecule is Oc1cc(-c2ncc3c(N4C[C@H]5CC[C@@H](C4)N5)nc(OCC4CCC(c5ccc(F)cc5)N4CCCF)nc3c2F)c2c(F)c(F)ccc2c1. The van der Waals surface area contributed by atoms with Gasteiger partial charge in [0.1, 0.15) is 35.2 Å². The summed E-state index contributed by atoms with van der Waals surface area (Å²) in [4.78, 5) is 17.9. The van der Waals surface area contributed by atoms with Crippen LogP contribution >= 0.6 is 0 Å². The molecule has 3 aliphatic rings. The van der Waals surface area contributed by atoms with E-state index in [0.29, 0.717) is 37.3 Å². The fourth-order valence-corrected chi connectivity index (χ4v) is 7.96. The molecule has 0 aliphatic carbocycles. The van der Waals surface area contributed by atoms with E-state index < -0.39 is 24.1 Å². The van der Waals surface area contributed by atoms with Crippen LogP contribution in [0, 0.1) is 23.3 Å². The number of piperazine rings is 1. The Labute approximate surface area is 284 Å². The number of fused-ring (bicyclic) bond motifs is 4. The molecule has 5 heterocycles. The first-order valence-corrected chi connectivity index (χ1v) is 17.0. The van der Waals surface area contributed by atoms with E-state index in [1.807, 2.05) is 0 Å². The minimum absolute atomic E-state index is 0.0476. The van der Waals surface area contributed by atoms with E-state index in [-0.39, 0.29) is 75.9 Å². The highest BCUT2D eigenvalue weighted by molar-refractivity contribution is 6.00. The summed E-state index contributed by atoms with van der Waals surface area (Å²) in [5.74, 6) is -3.35. The van der Waals surface area contributed by atoms with Crippen LogP contribution < -0.4 is 15.0 Å². The molecular formula is C37H35F5N6O2. The van der Waals surface area contributed by atoms with E-state index in [0.717, 1.165) is 43.4 Å². The van der Waals surface area contributed by atoms with Gasteiger partial charge in [0.25, 0.3) is 0 Å². The number of pyridine rings is 1. The fourth-order valence-electron chi connectivity index (χ4n) is 7.96. The van der Waals surface area contributed by atoms with Crippen LogP contribution in [0.3, 0.4) is 0 Å². The Morgan fingerprint density at radius 3 is 2.44 bits per heavy atom. The zero-order valence-corrected chi connectivity index (χ0v) is 27.1. The van der Waals surface area contributed by atoms with Crippen molar-refractivity contribution in [3.8, 4) is 23.0 Å². The minimum Gasteiger partial charge on any atom is -0.508 e. The third-order valence-electron chi connectivity index (χ3n) is 10.3. The highest BCUT2D eigenvalue weighted by Crippen LogP contribution is 2.40. The number of rotatable bonds is 9. The summed E-state index contributed by atoms with van der Waals surface area (Å²) in [7, 11) is 0. The summed E-state index contributed by atoms with van der Waals surface area (Å²) >= 11 is 0. The molecule has 13 heteroatoms. The predicted octanol–water partition coefficient (Wildman–Crippen LogP) is 6.99. The molecular weight excluding hydrogens is 655 g/mol. The van der Waals surface area contributed by atoms with Crippen molar-refractivity contribution in [3.05, 3.63) is 83.6 Å². The molecule has 3 saturated heterocycles. The second-order valence-corrected chi connectivity index (χ2v) is 13.4. The molecule has 0 spiro atoms. The number of anilines is 1. The summed E-state index contributed by atoms with van der Waals surface area (Å²) in [6, 6.07) is 11.2. The van der Waals surface area contributed by atoms with Crippen LogP contribution in [-0.2, 0) is 0 Å². The molecule has 0 radical (unpaired) electrons. The molecule has 5 aromatic rings. The molecule has 2 N–H and O–H groups in total. The van der Waals surface area contributed by atoms with Crippen LogP contribution in [0.15, 0.2) is 54.7 Å². The van der Waals surface area contributed by atoms with E-state index in [1.54, 1.807) is 12.1 Å². The zero-order chi connectivity index (χ0) is 34.5. The van der Waals surface area contributed by atoms with Crippen molar-refractivity contribution in [2.45, 2.75) is 56.3 Å². The molecule has 2 bridgehead atoms. The first-order valence-electron chi connectivity index (χ1n) is 17.0. The maximum absolute atomic E-state index is 16.7. The monoisotopic (exact) mass is 690 g/mol.